The summed E-state index contributed by atoms with van der Waals surface area (Å²) in [6.45, 7) is 3.65. The molecule has 5 aliphatic rings. The molecule has 4 aliphatic carbocycles. The monoisotopic (exact) mass is 304 g/mol. The van der Waals surface area contributed by atoms with E-state index in [0.29, 0.717) is 5.92 Å². The highest BCUT2D eigenvalue weighted by molar-refractivity contribution is 6.35. The molecule has 0 aromatic carbocycles. The minimum absolute atomic E-state index is 0.0527. The highest BCUT2D eigenvalue weighted by Gasteiger charge is 2.52. The van der Waals surface area contributed by atoms with Crippen molar-refractivity contribution < 1.29 is 9.59 Å². The Bertz CT molecular complexity index is 452. The lowest BCUT2D eigenvalue weighted by molar-refractivity contribution is -0.149. The number of likely N-dealkylation sites (tertiary alicyclic amines) is 1. The van der Waals surface area contributed by atoms with Crippen LogP contribution in [0.25, 0.3) is 0 Å². The summed E-state index contributed by atoms with van der Waals surface area (Å²) in [5.41, 5.74) is -0.0527. The van der Waals surface area contributed by atoms with Crippen LogP contribution in [0.15, 0.2) is 0 Å². The van der Waals surface area contributed by atoms with Crippen molar-refractivity contribution in [2.45, 2.75) is 63.8 Å². The third kappa shape index (κ3) is 2.55. The van der Waals surface area contributed by atoms with Gasteiger partial charge in [-0.05, 0) is 75.0 Å². The molecule has 4 bridgehead atoms. The molecule has 0 aromatic rings. The molecule has 0 spiro atoms. The Morgan fingerprint density at radius 2 is 1.64 bits per heavy atom. The highest BCUT2D eigenvalue weighted by Crippen LogP contribution is 2.55. The van der Waals surface area contributed by atoms with Gasteiger partial charge < -0.3 is 10.2 Å². The third-order valence-electron chi connectivity index (χ3n) is 6.56. The number of nitrogens with one attached hydrogen (secondary N) is 1. The standard InChI is InChI=1S/C18H28N2O2/c1-12-3-2-4-20(11-12)17(22)16(21)19-18-8-13-5-14(9-18)7-15(6-13)10-18/h12-15H,2-11H2,1H3,(H,19,21). The van der Waals surface area contributed by atoms with Crippen molar-refractivity contribution in [3.63, 3.8) is 0 Å². The zero-order valence-corrected chi connectivity index (χ0v) is 13.6. The van der Waals surface area contributed by atoms with E-state index in [4.69, 9.17) is 0 Å². The van der Waals surface area contributed by atoms with Crippen LogP contribution in [-0.2, 0) is 9.59 Å². The largest absolute Gasteiger partial charge is 0.342 e. The molecule has 1 atom stereocenters. The number of hydrogen-bond donors (Lipinski definition) is 1. The Morgan fingerprint density at radius 3 is 2.18 bits per heavy atom. The van der Waals surface area contributed by atoms with E-state index in [2.05, 4.69) is 12.2 Å². The summed E-state index contributed by atoms with van der Waals surface area (Å²) in [5.74, 6) is 2.26. The highest BCUT2D eigenvalue weighted by atomic mass is 16.2. The second kappa shape index (κ2) is 5.24. The van der Waals surface area contributed by atoms with Crippen LogP contribution >= 0.6 is 0 Å². The maximum absolute atomic E-state index is 12.5. The van der Waals surface area contributed by atoms with Gasteiger partial charge in [-0.25, -0.2) is 0 Å². The zero-order valence-electron chi connectivity index (χ0n) is 13.6. The van der Waals surface area contributed by atoms with Gasteiger partial charge in [0.15, 0.2) is 0 Å². The van der Waals surface area contributed by atoms with Crippen LogP contribution in [0.2, 0.25) is 0 Å². The predicted molar refractivity (Wildman–Crippen MR) is 84.0 cm³/mol. The van der Waals surface area contributed by atoms with Crippen molar-refractivity contribution in [3.8, 4) is 0 Å². The Hall–Kier alpha value is -1.06. The van der Waals surface area contributed by atoms with Gasteiger partial charge in [0.2, 0.25) is 0 Å². The first-order valence-corrected chi connectivity index (χ1v) is 9.14. The van der Waals surface area contributed by atoms with E-state index in [-0.39, 0.29) is 17.4 Å². The summed E-state index contributed by atoms with van der Waals surface area (Å²) in [4.78, 5) is 26.8. The molecule has 4 nitrogen and oxygen atoms in total. The SMILES string of the molecule is CC1CCCN(C(=O)C(=O)NC23CC4CC(CC(C4)C2)C3)C1. The van der Waals surface area contributed by atoms with Crippen LogP contribution < -0.4 is 5.32 Å². The molecule has 22 heavy (non-hydrogen) atoms. The van der Waals surface area contributed by atoms with Gasteiger partial charge >= 0.3 is 11.8 Å². The maximum Gasteiger partial charge on any atom is 0.311 e. The lowest BCUT2D eigenvalue weighted by Crippen LogP contribution is -2.62. The van der Waals surface area contributed by atoms with E-state index in [1.165, 1.54) is 25.7 Å². The lowest BCUT2D eigenvalue weighted by Gasteiger charge is -2.56. The van der Waals surface area contributed by atoms with Gasteiger partial charge in [0.05, 0.1) is 0 Å². The number of carbonyl (C=O) groups excluding carboxylic acids is 2. The summed E-state index contributed by atoms with van der Waals surface area (Å²) in [7, 11) is 0. The van der Waals surface area contributed by atoms with Gasteiger partial charge in [-0.2, -0.15) is 0 Å². The van der Waals surface area contributed by atoms with E-state index in [0.717, 1.165) is 56.5 Å². The molecule has 1 heterocycles. The number of nitrogens with zero attached hydrogens (tertiary/aromatic N) is 1. The Labute approximate surface area is 133 Å². The molecule has 5 rings (SSSR count). The van der Waals surface area contributed by atoms with Crippen molar-refractivity contribution >= 4 is 11.8 Å². The molecular weight excluding hydrogens is 276 g/mol. The minimum atomic E-state index is -0.337. The van der Waals surface area contributed by atoms with Crippen molar-refractivity contribution in [2.24, 2.45) is 23.7 Å². The van der Waals surface area contributed by atoms with Gasteiger partial charge in [-0.3, -0.25) is 9.59 Å². The second-order valence-corrected chi connectivity index (χ2v) is 8.65. The molecule has 4 heteroatoms. The van der Waals surface area contributed by atoms with Gasteiger partial charge in [-0.15, -0.1) is 0 Å². The summed E-state index contributed by atoms with van der Waals surface area (Å²) < 4.78 is 0. The van der Waals surface area contributed by atoms with Gasteiger partial charge in [0.25, 0.3) is 0 Å². The molecule has 4 saturated carbocycles. The third-order valence-corrected chi connectivity index (χ3v) is 6.56. The van der Waals surface area contributed by atoms with E-state index in [1.54, 1.807) is 4.90 Å². The number of carbonyl (C=O) groups is 2. The molecule has 1 aliphatic heterocycles. The van der Waals surface area contributed by atoms with Crippen molar-refractivity contribution in [1.29, 1.82) is 0 Å². The van der Waals surface area contributed by atoms with Gasteiger partial charge in [-0.1, -0.05) is 6.92 Å². The smallest absolute Gasteiger partial charge is 0.311 e. The van der Waals surface area contributed by atoms with Crippen LogP contribution in [-0.4, -0.2) is 35.3 Å². The Kier molecular flexibility index (Phi) is 3.46. The fourth-order valence-corrected chi connectivity index (χ4v) is 6.08. The molecule has 1 saturated heterocycles. The summed E-state index contributed by atoms with van der Waals surface area (Å²) in [6.07, 6.45) is 9.57. The second-order valence-electron chi connectivity index (χ2n) is 8.65. The summed E-state index contributed by atoms with van der Waals surface area (Å²) in [5, 5.41) is 3.21. The fourth-order valence-electron chi connectivity index (χ4n) is 6.08. The average Bonchev–Trinajstić information content (AvgIpc) is 2.44. The normalized spacial score (nSPS) is 43.2. The van der Waals surface area contributed by atoms with E-state index < -0.39 is 0 Å². The molecule has 5 fully saturated rings. The molecule has 0 radical (unpaired) electrons. The lowest BCUT2D eigenvalue weighted by atomic mass is 9.53. The molecule has 1 unspecified atom stereocenters. The molecule has 122 valence electrons. The molecule has 2 amide bonds. The van der Waals surface area contributed by atoms with Crippen molar-refractivity contribution in [2.75, 3.05) is 13.1 Å². The topological polar surface area (TPSA) is 49.4 Å². The minimum Gasteiger partial charge on any atom is -0.342 e. The zero-order chi connectivity index (χ0) is 15.3. The fraction of sp³-hybridized carbons (Fsp3) is 0.889. The van der Waals surface area contributed by atoms with Crippen LogP contribution in [0.1, 0.15) is 58.3 Å². The van der Waals surface area contributed by atoms with E-state index in [9.17, 15) is 9.59 Å². The quantitative estimate of drug-likeness (QED) is 0.756. The molecular formula is C18H28N2O2. The van der Waals surface area contributed by atoms with Gasteiger partial charge in [0.1, 0.15) is 0 Å². The van der Waals surface area contributed by atoms with Crippen LogP contribution in [0, 0.1) is 23.7 Å². The van der Waals surface area contributed by atoms with Gasteiger partial charge in [0, 0.05) is 18.6 Å². The first-order chi connectivity index (χ1) is 10.5. The summed E-state index contributed by atoms with van der Waals surface area (Å²) in [6, 6.07) is 0. The number of piperidine rings is 1. The number of amides is 2. The summed E-state index contributed by atoms with van der Waals surface area (Å²) >= 11 is 0. The first-order valence-electron chi connectivity index (χ1n) is 9.14. The number of hydrogen-bond acceptors (Lipinski definition) is 2. The van der Waals surface area contributed by atoms with E-state index >= 15 is 0 Å². The molecule has 0 aromatic heterocycles. The Balaban J connectivity index is 1.42. The first kappa shape index (κ1) is 14.5. The maximum atomic E-state index is 12.5. The molecule has 1 N–H and O–H groups in total. The van der Waals surface area contributed by atoms with Crippen molar-refractivity contribution in [3.05, 3.63) is 0 Å². The van der Waals surface area contributed by atoms with Crippen LogP contribution in [0.5, 0.6) is 0 Å². The Morgan fingerprint density at radius 1 is 1.05 bits per heavy atom. The van der Waals surface area contributed by atoms with Crippen molar-refractivity contribution in [1.82, 2.24) is 10.2 Å². The van der Waals surface area contributed by atoms with Crippen LogP contribution in [0.3, 0.4) is 0 Å². The predicted octanol–water partition coefficient (Wildman–Crippen LogP) is 2.33. The number of rotatable bonds is 1. The van der Waals surface area contributed by atoms with Crippen LogP contribution in [0.4, 0.5) is 0 Å². The average molecular weight is 304 g/mol. The van der Waals surface area contributed by atoms with E-state index in [1.807, 2.05) is 0 Å².